The summed E-state index contributed by atoms with van der Waals surface area (Å²) in [5.41, 5.74) is 1.19. The fourth-order valence-corrected chi connectivity index (χ4v) is 1.36. The largest absolute Gasteiger partial charge is 0.343 e. The molecule has 0 radical (unpaired) electrons. The molecule has 1 unspecified atom stereocenters. The predicted octanol–water partition coefficient (Wildman–Crippen LogP) is 1.90. The number of halogens is 1. The van der Waals surface area contributed by atoms with E-state index in [4.69, 9.17) is 0 Å². The number of hydrogen-bond acceptors (Lipinski definition) is 2. The van der Waals surface area contributed by atoms with Crippen LogP contribution in [0, 0.1) is 12.7 Å². The Hall–Kier alpha value is -1.71. The summed E-state index contributed by atoms with van der Waals surface area (Å²) in [5.74, 6) is -1.66. The standard InChI is InChI=1S/C12H14FNO2/c1-7-4-5-10(11(13)6-7)8(2)14-12(16)9(3)15/h4-6,8H,1-3H3,(H,14,16). The SMILES string of the molecule is CC(=O)C(=O)NC(C)c1ccc(C)cc1F. The van der Waals surface area contributed by atoms with Crippen molar-refractivity contribution < 1.29 is 14.0 Å². The molecular formula is C12H14FNO2. The smallest absolute Gasteiger partial charge is 0.287 e. The Bertz CT molecular complexity index is 429. The Kier molecular flexibility index (Phi) is 3.77. The van der Waals surface area contributed by atoms with Crippen LogP contribution in [0.1, 0.15) is 31.0 Å². The number of rotatable bonds is 3. The summed E-state index contributed by atoms with van der Waals surface area (Å²) in [4.78, 5) is 21.9. The molecule has 0 saturated carbocycles. The second-order valence-electron chi connectivity index (χ2n) is 3.78. The molecule has 0 aromatic heterocycles. The van der Waals surface area contributed by atoms with E-state index >= 15 is 0 Å². The molecule has 0 bridgehead atoms. The third-order valence-corrected chi connectivity index (χ3v) is 2.29. The van der Waals surface area contributed by atoms with Crippen molar-refractivity contribution in [1.29, 1.82) is 0 Å². The summed E-state index contributed by atoms with van der Waals surface area (Å²) in [7, 11) is 0. The molecule has 1 rings (SSSR count). The van der Waals surface area contributed by atoms with Crippen LogP contribution in [0.25, 0.3) is 0 Å². The molecule has 0 aliphatic carbocycles. The van der Waals surface area contributed by atoms with Gasteiger partial charge < -0.3 is 5.32 Å². The summed E-state index contributed by atoms with van der Waals surface area (Å²) in [6.07, 6.45) is 0. The van der Waals surface area contributed by atoms with Crippen LogP contribution in [0.5, 0.6) is 0 Å². The maximum absolute atomic E-state index is 13.5. The molecule has 3 nitrogen and oxygen atoms in total. The topological polar surface area (TPSA) is 46.2 Å². The molecule has 1 amide bonds. The molecule has 0 spiro atoms. The van der Waals surface area contributed by atoms with Crippen molar-refractivity contribution in [2.24, 2.45) is 0 Å². The Balaban J connectivity index is 2.84. The molecule has 16 heavy (non-hydrogen) atoms. The Morgan fingerprint density at radius 2 is 2.00 bits per heavy atom. The lowest BCUT2D eigenvalue weighted by Crippen LogP contribution is -2.32. The second kappa shape index (κ2) is 4.88. The minimum Gasteiger partial charge on any atom is -0.343 e. The van der Waals surface area contributed by atoms with Gasteiger partial charge in [-0.2, -0.15) is 0 Å². The van der Waals surface area contributed by atoms with Crippen molar-refractivity contribution in [3.63, 3.8) is 0 Å². The Morgan fingerprint density at radius 1 is 1.38 bits per heavy atom. The third-order valence-electron chi connectivity index (χ3n) is 2.29. The zero-order chi connectivity index (χ0) is 12.3. The summed E-state index contributed by atoms with van der Waals surface area (Å²) < 4.78 is 13.5. The van der Waals surface area contributed by atoms with Gasteiger partial charge in [0.05, 0.1) is 6.04 Å². The van der Waals surface area contributed by atoms with Crippen molar-refractivity contribution in [3.8, 4) is 0 Å². The number of ketones is 1. The zero-order valence-electron chi connectivity index (χ0n) is 9.50. The van der Waals surface area contributed by atoms with Crippen LogP contribution in [0.2, 0.25) is 0 Å². The van der Waals surface area contributed by atoms with Crippen LogP contribution >= 0.6 is 0 Å². The van der Waals surface area contributed by atoms with Crippen molar-refractivity contribution in [2.45, 2.75) is 26.8 Å². The number of nitrogens with one attached hydrogen (secondary N) is 1. The number of Topliss-reactive ketones (excluding diaryl/α,β-unsaturated/α-hetero) is 1. The second-order valence-corrected chi connectivity index (χ2v) is 3.78. The van der Waals surface area contributed by atoms with E-state index < -0.39 is 17.7 Å². The average Bonchev–Trinajstić information content (AvgIpc) is 2.16. The molecular weight excluding hydrogens is 209 g/mol. The average molecular weight is 223 g/mol. The van der Waals surface area contributed by atoms with E-state index in [0.29, 0.717) is 5.56 Å². The molecule has 4 heteroatoms. The normalized spacial score (nSPS) is 12.0. The molecule has 0 fully saturated rings. The van der Waals surface area contributed by atoms with E-state index in [0.717, 1.165) is 5.56 Å². The van der Waals surface area contributed by atoms with Crippen LogP contribution in [0.4, 0.5) is 4.39 Å². The third kappa shape index (κ3) is 2.89. The number of aryl methyl sites for hydroxylation is 1. The molecule has 1 aromatic rings. The molecule has 0 heterocycles. The van der Waals surface area contributed by atoms with Gasteiger partial charge in [0.1, 0.15) is 5.82 Å². The van der Waals surface area contributed by atoms with E-state index in [-0.39, 0.29) is 5.82 Å². The monoisotopic (exact) mass is 223 g/mol. The molecule has 0 saturated heterocycles. The highest BCUT2D eigenvalue weighted by molar-refractivity contribution is 6.35. The van der Waals surface area contributed by atoms with Crippen molar-refractivity contribution >= 4 is 11.7 Å². The van der Waals surface area contributed by atoms with Crippen LogP contribution in [0.15, 0.2) is 18.2 Å². The van der Waals surface area contributed by atoms with Crippen LogP contribution in [-0.4, -0.2) is 11.7 Å². The zero-order valence-corrected chi connectivity index (χ0v) is 9.50. The lowest BCUT2D eigenvalue weighted by Gasteiger charge is -2.14. The lowest BCUT2D eigenvalue weighted by molar-refractivity contribution is -0.137. The van der Waals surface area contributed by atoms with E-state index in [1.165, 1.54) is 13.0 Å². The maximum atomic E-state index is 13.5. The van der Waals surface area contributed by atoms with E-state index in [1.807, 2.05) is 0 Å². The summed E-state index contributed by atoms with van der Waals surface area (Å²) in [6, 6.07) is 4.24. The highest BCUT2D eigenvalue weighted by Gasteiger charge is 2.15. The van der Waals surface area contributed by atoms with Crippen LogP contribution < -0.4 is 5.32 Å². The van der Waals surface area contributed by atoms with Gasteiger partial charge in [-0.25, -0.2) is 4.39 Å². The van der Waals surface area contributed by atoms with Crippen molar-refractivity contribution in [3.05, 3.63) is 35.1 Å². The van der Waals surface area contributed by atoms with Gasteiger partial charge >= 0.3 is 0 Å². The molecule has 0 aliphatic rings. The minimum absolute atomic E-state index is 0.375. The fraction of sp³-hybridized carbons (Fsp3) is 0.333. The number of hydrogen-bond donors (Lipinski definition) is 1. The first-order chi connectivity index (χ1) is 7.41. The van der Waals surface area contributed by atoms with Gasteiger partial charge in [-0.1, -0.05) is 12.1 Å². The predicted molar refractivity (Wildman–Crippen MR) is 58.4 cm³/mol. The minimum atomic E-state index is -0.701. The van der Waals surface area contributed by atoms with Gasteiger partial charge in [0, 0.05) is 12.5 Å². The number of benzene rings is 1. The first-order valence-electron chi connectivity index (χ1n) is 4.99. The van der Waals surface area contributed by atoms with Gasteiger partial charge in [-0.05, 0) is 25.5 Å². The highest BCUT2D eigenvalue weighted by atomic mass is 19.1. The Morgan fingerprint density at radius 3 is 2.50 bits per heavy atom. The van der Waals surface area contributed by atoms with Gasteiger partial charge in [0.2, 0.25) is 5.78 Å². The van der Waals surface area contributed by atoms with Crippen LogP contribution in [0.3, 0.4) is 0 Å². The Labute approximate surface area is 93.7 Å². The van der Waals surface area contributed by atoms with Gasteiger partial charge in [-0.3, -0.25) is 9.59 Å². The van der Waals surface area contributed by atoms with Crippen molar-refractivity contribution in [2.75, 3.05) is 0 Å². The first kappa shape index (κ1) is 12.4. The lowest BCUT2D eigenvalue weighted by atomic mass is 10.1. The molecule has 1 atom stereocenters. The first-order valence-corrected chi connectivity index (χ1v) is 4.99. The van der Waals surface area contributed by atoms with Gasteiger partial charge in [0.25, 0.3) is 5.91 Å². The van der Waals surface area contributed by atoms with Crippen LogP contribution in [-0.2, 0) is 9.59 Å². The maximum Gasteiger partial charge on any atom is 0.287 e. The fourth-order valence-electron chi connectivity index (χ4n) is 1.36. The highest BCUT2D eigenvalue weighted by Crippen LogP contribution is 2.17. The van der Waals surface area contributed by atoms with Crippen molar-refractivity contribution in [1.82, 2.24) is 5.32 Å². The summed E-state index contributed by atoms with van der Waals surface area (Å²) in [5, 5.41) is 2.43. The number of carbonyl (C=O) groups is 2. The van der Waals surface area contributed by atoms with Gasteiger partial charge in [-0.15, -0.1) is 0 Å². The molecule has 1 aromatic carbocycles. The molecule has 1 N–H and O–H groups in total. The molecule has 86 valence electrons. The van der Waals surface area contributed by atoms with E-state index in [2.05, 4.69) is 5.32 Å². The summed E-state index contributed by atoms with van der Waals surface area (Å²) >= 11 is 0. The molecule has 0 aliphatic heterocycles. The summed E-state index contributed by atoms with van der Waals surface area (Å²) in [6.45, 7) is 4.59. The van der Waals surface area contributed by atoms with E-state index in [1.54, 1.807) is 26.0 Å². The van der Waals surface area contributed by atoms with Gasteiger partial charge in [0.15, 0.2) is 0 Å². The quantitative estimate of drug-likeness (QED) is 0.795. The van der Waals surface area contributed by atoms with E-state index in [9.17, 15) is 14.0 Å². The number of carbonyl (C=O) groups excluding carboxylic acids is 2. The number of amides is 1.